The Morgan fingerprint density at radius 1 is 1.32 bits per heavy atom. The molecule has 1 unspecified atom stereocenters. The van der Waals surface area contributed by atoms with Crippen molar-refractivity contribution in [3.63, 3.8) is 0 Å². The van der Waals surface area contributed by atoms with Crippen molar-refractivity contribution in [2.75, 3.05) is 38.6 Å². The summed E-state index contributed by atoms with van der Waals surface area (Å²) in [7, 11) is 4.13. The highest BCUT2D eigenvalue weighted by molar-refractivity contribution is 5.37. The van der Waals surface area contributed by atoms with Crippen LogP contribution < -0.4 is 10.2 Å². The van der Waals surface area contributed by atoms with E-state index in [9.17, 15) is 0 Å². The SMILES string of the molecule is CCC1CN(C)CCCN1c1cnc(CNC)cn1. The van der Waals surface area contributed by atoms with Crippen LogP contribution in [0.3, 0.4) is 0 Å². The first-order valence-electron chi connectivity index (χ1n) is 7.15. The van der Waals surface area contributed by atoms with Gasteiger partial charge in [-0.1, -0.05) is 6.92 Å². The third-order valence-electron chi connectivity index (χ3n) is 3.72. The van der Waals surface area contributed by atoms with E-state index >= 15 is 0 Å². The van der Waals surface area contributed by atoms with E-state index in [2.05, 4.69) is 39.1 Å². The van der Waals surface area contributed by atoms with Crippen LogP contribution in [0.15, 0.2) is 12.4 Å². The number of likely N-dealkylation sites (N-methyl/N-ethyl adjacent to an activating group) is 1. The smallest absolute Gasteiger partial charge is 0.147 e. The lowest BCUT2D eigenvalue weighted by Gasteiger charge is -2.31. The Morgan fingerprint density at radius 2 is 2.16 bits per heavy atom. The number of hydrogen-bond acceptors (Lipinski definition) is 5. The Morgan fingerprint density at radius 3 is 2.79 bits per heavy atom. The van der Waals surface area contributed by atoms with Crippen molar-refractivity contribution in [2.45, 2.75) is 32.4 Å². The lowest BCUT2D eigenvalue weighted by Crippen LogP contribution is -2.40. The maximum atomic E-state index is 4.59. The molecular weight excluding hydrogens is 238 g/mol. The lowest BCUT2D eigenvalue weighted by atomic mass is 10.2. The summed E-state index contributed by atoms with van der Waals surface area (Å²) < 4.78 is 0. The summed E-state index contributed by atoms with van der Waals surface area (Å²) in [5.41, 5.74) is 0.992. The van der Waals surface area contributed by atoms with Crippen molar-refractivity contribution in [1.82, 2.24) is 20.2 Å². The van der Waals surface area contributed by atoms with Gasteiger partial charge in [0.25, 0.3) is 0 Å². The summed E-state index contributed by atoms with van der Waals surface area (Å²) in [6.45, 7) is 6.37. The third kappa shape index (κ3) is 3.64. The van der Waals surface area contributed by atoms with Crippen molar-refractivity contribution in [2.24, 2.45) is 0 Å². The van der Waals surface area contributed by atoms with Gasteiger partial charge in [0.1, 0.15) is 5.82 Å². The molecule has 0 aliphatic carbocycles. The highest BCUT2D eigenvalue weighted by Gasteiger charge is 2.23. The molecule has 0 radical (unpaired) electrons. The minimum absolute atomic E-state index is 0.539. The quantitative estimate of drug-likeness (QED) is 0.882. The molecule has 0 aromatic carbocycles. The van der Waals surface area contributed by atoms with E-state index in [0.29, 0.717) is 6.04 Å². The molecule has 1 atom stereocenters. The molecular formula is C14H25N5. The second-order valence-electron chi connectivity index (χ2n) is 5.27. The van der Waals surface area contributed by atoms with Gasteiger partial charge in [0.15, 0.2) is 0 Å². The molecule has 5 heteroatoms. The highest BCUT2D eigenvalue weighted by atomic mass is 15.3. The number of nitrogens with zero attached hydrogens (tertiary/aromatic N) is 4. The molecule has 0 bridgehead atoms. The summed E-state index contributed by atoms with van der Waals surface area (Å²) in [6, 6.07) is 0.539. The number of nitrogens with one attached hydrogen (secondary N) is 1. The van der Waals surface area contributed by atoms with E-state index in [-0.39, 0.29) is 0 Å². The number of hydrogen-bond donors (Lipinski definition) is 1. The Kier molecular flexibility index (Phi) is 5.10. The summed E-state index contributed by atoms with van der Waals surface area (Å²) in [4.78, 5) is 13.9. The molecule has 0 saturated carbocycles. The van der Waals surface area contributed by atoms with Crippen molar-refractivity contribution in [1.29, 1.82) is 0 Å². The van der Waals surface area contributed by atoms with Crippen LogP contribution in [0.1, 0.15) is 25.5 Å². The van der Waals surface area contributed by atoms with E-state index in [1.165, 1.54) is 6.42 Å². The van der Waals surface area contributed by atoms with Gasteiger partial charge in [0.05, 0.1) is 18.1 Å². The molecule has 5 nitrogen and oxygen atoms in total. The maximum Gasteiger partial charge on any atom is 0.147 e. The predicted octanol–water partition coefficient (Wildman–Crippen LogP) is 1.12. The largest absolute Gasteiger partial charge is 0.351 e. The van der Waals surface area contributed by atoms with Gasteiger partial charge in [-0.15, -0.1) is 0 Å². The van der Waals surface area contributed by atoms with Gasteiger partial charge in [0.2, 0.25) is 0 Å². The van der Waals surface area contributed by atoms with Crippen LogP contribution >= 0.6 is 0 Å². The zero-order valence-electron chi connectivity index (χ0n) is 12.3. The molecule has 0 amide bonds. The molecule has 2 heterocycles. The number of aromatic nitrogens is 2. The van der Waals surface area contributed by atoms with E-state index in [1.807, 2.05) is 19.4 Å². The molecule has 1 saturated heterocycles. The van der Waals surface area contributed by atoms with E-state index in [1.54, 1.807) is 0 Å². The Labute approximate surface area is 116 Å². The molecule has 1 fully saturated rings. The molecule has 1 aromatic heterocycles. The van der Waals surface area contributed by atoms with Gasteiger partial charge in [0, 0.05) is 25.7 Å². The normalized spacial score (nSPS) is 21.4. The summed E-state index contributed by atoms with van der Waals surface area (Å²) in [5.74, 6) is 1.02. The Bertz CT molecular complexity index is 378. The van der Waals surface area contributed by atoms with Gasteiger partial charge in [-0.2, -0.15) is 0 Å². The van der Waals surface area contributed by atoms with Crippen LogP contribution in [0.4, 0.5) is 5.82 Å². The van der Waals surface area contributed by atoms with Crippen LogP contribution in [-0.2, 0) is 6.54 Å². The van der Waals surface area contributed by atoms with E-state index < -0.39 is 0 Å². The number of rotatable bonds is 4. The fourth-order valence-corrected chi connectivity index (χ4v) is 2.66. The van der Waals surface area contributed by atoms with Gasteiger partial charge in [-0.05, 0) is 33.5 Å². The minimum Gasteiger partial charge on any atom is -0.351 e. The van der Waals surface area contributed by atoms with Gasteiger partial charge in [-0.25, -0.2) is 4.98 Å². The summed E-state index contributed by atoms with van der Waals surface area (Å²) in [6.07, 6.45) is 6.13. The second-order valence-corrected chi connectivity index (χ2v) is 5.27. The van der Waals surface area contributed by atoms with Crippen molar-refractivity contribution < 1.29 is 0 Å². The Hall–Kier alpha value is -1.20. The summed E-state index contributed by atoms with van der Waals surface area (Å²) >= 11 is 0. The van der Waals surface area contributed by atoms with Crippen molar-refractivity contribution >= 4 is 5.82 Å². The molecule has 1 aliphatic heterocycles. The molecule has 1 aromatic rings. The topological polar surface area (TPSA) is 44.3 Å². The van der Waals surface area contributed by atoms with Crippen molar-refractivity contribution in [3.8, 4) is 0 Å². The van der Waals surface area contributed by atoms with Crippen LogP contribution in [0.2, 0.25) is 0 Å². The van der Waals surface area contributed by atoms with Crippen LogP contribution in [-0.4, -0.2) is 54.6 Å². The van der Waals surface area contributed by atoms with Gasteiger partial charge >= 0.3 is 0 Å². The standard InChI is InChI=1S/C14H25N5/c1-4-13-11-18(3)6-5-7-19(13)14-10-16-12(8-15-2)9-17-14/h9-10,13,15H,4-8,11H2,1-3H3. The second kappa shape index (κ2) is 6.82. The fraction of sp³-hybridized carbons (Fsp3) is 0.714. The van der Waals surface area contributed by atoms with E-state index in [4.69, 9.17) is 0 Å². The number of anilines is 1. The zero-order valence-corrected chi connectivity index (χ0v) is 12.3. The minimum atomic E-state index is 0.539. The third-order valence-corrected chi connectivity index (χ3v) is 3.72. The fourth-order valence-electron chi connectivity index (χ4n) is 2.66. The first kappa shape index (κ1) is 14.2. The molecule has 1 aliphatic rings. The van der Waals surface area contributed by atoms with Crippen LogP contribution in [0.5, 0.6) is 0 Å². The average molecular weight is 263 g/mol. The van der Waals surface area contributed by atoms with E-state index in [0.717, 1.165) is 44.1 Å². The lowest BCUT2D eigenvalue weighted by molar-refractivity contribution is 0.327. The molecule has 106 valence electrons. The highest BCUT2D eigenvalue weighted by Crippen LogP contribution is 2.19. The zero-order chi connectivity index (χ0) is 13.7. The molecule has 19 heavy (non-hydrogen) atoms. The van der Waals surface area contributed by atoms with Gasteiger partial charge in [-0.3, -0.25) is 4.98 Å². The predicted molar refractivity (Wildman–Crippen MR) is 78.3 cm³/mol. The van der Waals surface area contributed by atoms with Crippen molar-refractivity contribution in [3.05, 3.63) is 18.1 Å². The monoisotopic (exact) mass is 263 g/mol. The molecule has 0 spiro atoms. The van der Waals surface area contributed by atoms with Crippen LogP contribution in [0.25, 0.3) is 0 Å². The first-order chi connectivity index (χ1) is 9.24. The maximum absolute atomic E-state index is 4.59. The first-order valence-corrected chi connectivity index (χ1v) is 7.15. The Balaban J connectivity index is 2.13. The van der Waals surface area contributed by atoms with Gasteiger partial charge < -0.3 is 15.1 Å². The molecule has 1 N–H and O–H groups in total. The molecule has 2 rings (SSSR count). The summed E-state index contributed by atoms with van der Waals surface area (Å²) in [5, 5.41) is 3.10. The van der Waals surface area contributed by atoms with Crippen LogP contribution in [0, 0.1) is 0 Å². The average Bonchev–Trinajstić information content (AvgIpc) is 2.61.